The molecule has 0 atom stereocenters. The molecule has 0 bridgehead atoms. The molecule has 1 aliphatic rings. The Kier molecular flexibility index (Phi) is 7.87. The third-order valence-electron chi connectivity index (χ3n) is 3.54. The predicted molar refractivity (Wildman–Crippen MR) is 69.8 cm³/mol. The van der Waals surface area contributed by atoms with Crippen molar-refractivity contribution >= 4 is 0 Å². The number of hydrogen-bond acceptors (Lipinski definition) is 2. The standard InChI is InChI=1S/C14H29NO/c1-3-4-5-6-7-8-9-16-14-10-13(11-14)12-15-2/h13-15H,3-12H2,1-2H3. The van der Waals surface area contributed by atoms with E-state index in [2.05, 4.69) is 12.2 Å². The SMILES string of the molecule is CCCCCCCCOC1CC(CNC)C1. The average Bonchev–Trinajstić information content (AvgIpc) is 2.24. The molecular formula is C14H29NO. The van der Waals surface area contributed by atoms with Gasteiger partial charge in [-0.1, -0.05) is 39.0 Å². The van der Waals surface area contributed by atoms with Gasteiger partial charge in [0.15, 0.2) is 0 Å². The molecule has 2 heteroatoms. The zero-order chi connectivity index (χ0) is 11.6. The second kappa shape index (κ2) is 9.00. The van der Waals surface area contributed by atoms with Crippen LogP contribution in [-0.2, 0) is 4.74 Å². The fraction of sp³-hybridized carbons (Fsp3) is 1.00. The van der Waals surface area contributed by atoms with Crippen molar-refractivity contribution in [2.24, 2.45) is 5.92 Å². The van der Waals surface area contributed by atoms with Crippen molar-refractivity contribution in [3.05, 3.63) is 0 Å². The van der Waals surface area contributed by atoms with Crippen LogP contribution in [0.3, 0.4) is 0 Å². The van der Waals surface area contributed by atoms with Crippen molar-refractivity contribution in [1.29, 1.82) is 0 Å². The minimum absolute atomic E-state index is 0.578. The van der Waals surface area contributed by atoms with Crippen LogP contribution < -0.4 is 5.32 Å². The van der Waals surface area contributed by atoms with Gasteiger partial charge in [-0.05, 0) is 38.8 Å². The summed E-state index contributed by atoms with van der Waals surface area (Å²) in [6, 6.07) is 0. The molecule has 2 nitrogen and oxygen atoms in total. The highest BCUT2D eigenvalue weighted by Crippen LogP contribution is 2.29. The molecule has 1 rings (SSSR count). The Morgan fingerprint density at radius 2 is 1.75 bits per heavy atom. The van der Waals surface area contributed by atoms with Crippen molar-refractivity contribution in [2.45, 2.75) is 64.4 Å². The van der Waals surface area contributed by atoms with Gasteiger partial charge in [-0.2, -0.15) is 0 Å². The number of ether oxygens (including phenoxy) is 1. The van der Waals surface area contributed by atoms with Crippen molar-refractivity contribution in [3.8, 4) is 0 Å². The predicted octanol–water partition coefficient (Wildman–Crippen LogP) is 3.36. The number of unbranched alkanes of at least 4 members (excludes halogenated alkanes) is 5. The van der Waals surface area contributed by atoms with Crippen LogP contribution in [0.15, 0.2) is 0 Å². The summed E-state index contributed by atoms with van der Waals surface area (Å²) < 4.78 is 5.83. The van der Waals surface area contributed by atoms with E-state index in [-0.39, 0.29) is 0 Å². The molecule has 0 radical (unpaired) electrons. The van der Waals surface area contributed by atoms with Gasteiger partial charge >= 0.3 is 0 Å². The highest BCUT2D eigenvalue weighted by molar-refractivity contribution is 4.81. The number of hydrogen-bond donors (Lipinski definition) is 1. The van der Waals surface area contributed by atoms with Crippen LogP contribution in [0.25, 0.3) is 0 Å². The highest BCUT2D eigenvalue weighted by Gasteiger charge is 2.28. The normalized spacial score (nSPS) is 24.4. The zero-order valence-electron chi connectivity index (χ0n) is 11.1. The highest BCUT2D eigenvalue weighted by atomic mass is 16.5. The third kappa shape index (κ3) is 5.86. The minimum Gasteiger partial charge on any atom is -0.378 e. The van der Waals surface area contributed by atoms with Crippen LogP contribution in [-0.4, -0.2) is 26.3 Å². The first-order valence-corrected chi connectivity index (χ1v) is 7.13. The summed E-state index contributed by atoms with van der Waals surface area (Å²) in [6.07, 6.45) is 11.3. The summed E-state index contributed by atoms with van der Waals surface area (Å²) >= 11 is 0. The van der Waals surface area contributed by atoms with Gasteiger partial charge in [0.1, 0.15) is 0 Å². The maximum Gasteiger partial charge on any atom is 0.0581 e. The van der Waals surface area contributed by atoms with Crippen molar-refractivity contribution in [2.75, 3.05) is 20.2 Å². The lowest BCUT2D eigenvalue weighted by molar-refractivity contribution is -0.0307. The quantitative estimate of drug-likeness (QED) is 0.578. The summed E-state index contributed by atoms with van der Waals surface area (Å²) in [5.74, 6) is 0.875. The molecule has 0 spiro atoms. The van der Waals surface area contributed by atoms with Gasteiger partial charge in [-0.15, -0.1) is 0 Å². The Balaban J connectivity index is 1.76. The van der Waals surface area contributed by atoms with E-state index in [1.165, 1.54) is 51.4 Å². The molecule has 0 aromatic carbocycles. The lowest BCUT2D eigenvalue weighted by atomic mass is 9.82. The largest absolute Gasteiger partial charge is 0.378 e. The molecule has 0 unspecified atom stereocenters. The van der Waals surface area contributed by atoms with E-state index in [1.54, 1.807) is 0 Å². The second-order valence-corrected chi connectivity index (χ2v) is 5.16. The van der Waals surface area contributed by atoms with E-state index in [0.717, 1.165) is 19.1 Å². The van der Waals surface area contributed by atoms with E-state index in [9.17, 15) is 0 Å². The second-order valence-electron chi connectivity index (χ2n) is 5.16. The van der Waals surface area contributed by atoms with Gasteiger partial charge in [-0.3, -0.25) is 0 Å². The van der Waals surface area contributed by atoms with Crippen molar-refractivity contribution in [3.63, 3.8) is 0 Å². The van der Waals surface area contributed by atoms with Gasteiger partial charge in [0.25, 0.3) is 0 Å². The Bertz CT molecular complexity index is 155. The van der Waals surface area contributed by atoms with Gasteiger partial charge in [-0.25, -0.2) is 0 Å². The monoisotopic (exact) mass is 227 g/mol. The smallest absolute Gasteiger partial charge is 0.0581 e. The first-order chi connectivity index (χ1) is 7.86. The number of nitrogens with one attached hydrogen (secondary N) is 1. The molecule has 0 heterocycles. The molecule has 0 aliphatic heterocycles. The van der Waals surface area contributed by atoms with Crippen LogP contribution in [0.5, 0.6) is 0 Å². The van der Waals surface area contributed by atoms with Crippen molar-refractivity contribution in [1.82, 2.24) is 5.32 Å². The van der Waals surface area contributed by atoms with Crippen LogP contribution in [0.2, 0.25) is 0 Å². The topological polar surface area (TPSA) is 21.3 Å². The molecule has 0 aromatic heterocycles. The van der Waals surface area contributed by atoms with Gasteiger partial charge in [0, 0.05) is 6.61 Å². The summed E-state index contributed by atoms with van der Waals surface area (Å²) in [4.78, 5) is 0. The first-order valence-electron chi connectivity index (χ1n) is 7.13. The Hall–Kier alpha value is -0.0800. The van der Waals surface area contributed by atoms with E-state index in [1.807, 2.05) is 7.05 Å². The van der Waals surface area contributed by atoms with E-state index >= 15 is 0 Å². The molecule has 0 aromatic rings. The first kappa shape index (κ1) is 14.0. The third-order valence-corrected chi connectivity index (χ3v) is 3.54. The summed E-state index contributed by atoms with van der Waals surface area (Å²) in [6.45, 7) is 4.42. The molecular weight excluding hydrogens is 198 g/mol. The van der Waals surface area contributed by atoms with E-state index in [4.69, 9.17) is 4.74 Å². The molecule has 0 amide bonds. The lowest BCUT2D eigenvalue weighted by Gasteiger charge is -2.35. The maximum atomic E-state index is 5.83. The molecule has 1 N–H and O–H groups in total. The molecule has 1 fully saturated rings. The zero-order valence-corrected chi connectivity index (χ0v) is 11.1. The van der Waals surface area contributed by atoms with Gasteiger partial charge < -0.3 is 10.1 Å². The van der Waals surface area contributed by atoms with Crippen LogP contribution in [0.1, 0.15) is 58.3 Å². The molecule has 96 valence electrons. The average molecular weight is 227 g/mol. The van der Waals surface area contributed by atoms with Crippen molar-refractivity contribution < 1.29 is 4.74 Å². The fourth-order valence-corrected chi connectivity index (χ4v) is 2.40. The Labute approximate surface area is 101 Å². The van der Waals surface area contributed by atoms with Crippen LogP contribution in [0.4, 0.5) is 0 Å². The van der Waals surface area contributed by atoms with Gasteiger partial charge in [0.05, 0.1) is 6.10 Å². The molecule has 1 saturated carbocycles. The maximum absolute atomic E-state index is 5.83. The molecule has 16 heavy (non-hydrogen) atoms. The summed E-state index contributed by atoms with van der Waals surface area (Å²) in [7, 11) is 2.03. The lowest BCUT2D eigenvalue weighted by Crippen LogP contribution is -2.37. The Morgan fingerprint density at radius 1 is 1.06 bits per heavy atom. The molecule has 0 saturated heterocycles. The Morgan fingerprint density at radius 3 is 2.44 bits per heavy atom. The minimum atomic E-state index is 0.578. The van der Waals surface area contributed by atoms with Crippen LogP contribution >= 0.6 is 0 Å². The van der Waals surface area contributed by atoms with Crippen LogP contribution in [0, 0.1) is 5.92 Å². The summed E-state index contributed by atoms with van der Waals surface area (Å²) in [5.41, 5.74) is 0. The van der Waals surface area contributed by atoms with E-state index in [0.29, 0.717) is 6.10 Å². The fourth-order valence-electron chi connectivity index (χ4n) is 2.40. The molecule has 1 aliphatic carbocycles. The number of rotatable bonds is 10. The van der Waals surface area contributed by atoms with Gasteiger partial charge in [0.2, 0.25) is 0 Å². The summed E-state index contributed by atoms with van der Waals surface area (Å²) in [5, 5.41) is 3.23. The van der Waals surface area contributed by atoms with E-state index < -0.39 is 0 Å².